The molecule has 1 N–H and O–H groups in total. The number of carbonyl (C=O) groups is 1. The summed E-state index contributed by atoms with van der Waals surface area (Å²) in [6, 6.07) is 5.18. The molecule has 0 amide bonds. The van der Waals surface area contributed by atoms with E-state index in [0.29, 0.717) is 23.0 Å². The number of benzene rings is 1. The van der Waals surface area contributed by atoms with Gasteiger partial charge in [-0.15, -0.1) is 0 Å². The average molecular weight is 204 g/mol. The second-order valence-corrected chi connectivity index (χ2v) is 3.45. The van der Waals surface area contributed by atoms with Crippen molar-refractivity contribution in [3.05, 3.63) is 34.1 Å². The third kappa shape index (κ3) is 1.38. The first-order valence-electron chi connectivity index (χ1n) is 4.87. The van der Waals surface area contributed by atoms with Crippen molar-refractivity contribution < 1.29 is 4.79 Å². The normalized spacial score (nSPS) is 10.8. The van der Waals surface area contributed by atoms with Crippen molar-refractivity contribution in [3.8, 4) is 0 Å². The van der Waals surface area contributed by atoms with E-state index in [1.165, 1.54) is 11.6 Å². The number of hydrogen-bond acceptors (Lipinski definition) is 2. The lowest BCUT2D eigenvalue weighted by molar-refractivity contribution is 0.101. The molecular formula is C11H12N2O2. The highest BCUT2D eigenvalue weighted by atomic mass is 16.1. The van der Waals surface area contributed by atoms with Gasteiger partial charge in [0.2, 0.25) is 0 Å². The van der Waals surface area contributed by atoms with Crippen LogP contribution in [-0.4, -0.2) is 15.6 Å². The van der Waals surface area contributed by atoms with Crippen LogP contribution in [0.4, 0.5) is 0 Å². The second-order valence-electron chi connectivity index (χ2n) is 3.45. The number of H-pyrrole nitrogens is 1. The highest BCUT2D eigenvalue weighted by molar-refractivity contribution is 6.05. The zero-order chi connectivity index (χ0) is 11.0. The molecule has 0 aliphatic carbocycles. The zero-order valence-corrected chi connectivity index (χ0v) is 8.70. The molecule has 0 aliphatic rings. The number of fused-ring (bicyclic) bond motifs is 1. The van der Waals surface area contributed by atoms with Crippen molar-refractivity contribution in [1.29, 1.82) is 0 Å². The van der Waals surface area contributed by atoms with Crippen LogP contribution < -0.4 is 5.56 Å². The first kappa shape index (κ1) is 9.71. The van der Waals surface area contributed by atoms with Crippen LogP contribution in [0.1, 0.15) is 24.2 Å². The van der Waals surface area contributed by atoms with E-state index in [-0.39, 0.29) is 11.3 Å². The van der Waals surface area contributed by atoms with Gasteiger partial charge in [0.25, 0.3) is 5.56 Å². The Morgan fingerprint density at radius 3 is 2.80 bits per heavy atom. The molecule has 1 aromatic heterocycles. The lowest BCUT2D eigenvalue weighted by Crippen LogP contribution is -2.14. The third-order valence-electron chi connectivity index (χ3n) is 2.48. The highest BCUT2D eigenvalue weighted by Gasteiger charge is 2.11. The molecule has 0 saturated heterocycles. The van der Waals surface area contributed by atoms with Crippen LogP contribution in [0.25, 0.3) is 10.9 Å². The van der Waals surface area contributed by atoms with Gasteiger partial charge in [0.05, 0.1) is 10.9 Å². The standard InChI is InChI=1S/C11H12N2O2/c1-3-13-11(15)9-6-4-5-8(7(2)14)10(9)12-13/h4-6,12H,3H2,1-2H3. The number of aromatic nitrogens is 2. The Labute approximate surface area is 86.5 Å². The van der Waals surface area contributed by atoms with E-state index in [0.717, 1.165) is 0 Å². The molecule has 0 bridgehead atoms. The Bertz CT molecular complexity index is 578. The van der Waals surface area contributed by atoms with Crippen molar-refractivity contribution in [1.82, 2.24) is 9.78 Å². The lowest BCUT2D eigenvalue weighted by atomic mass is 10.1. The maximum absolute atomic E-state index is 11.8. The smallest absolute Gasteiger partial charge is 0.274 e. The minimum atomic E-state index is -0.0735. The first-order valence-corrected chi connectivity index (χ1v) is 4.87. The van der Waals surface area contributed by atoms with Crippen molar-refractivity contribution in [2.24, 2.45) is 0 Å². The van der Waals surface area contributed by atoms with Gasteiger partial charge in [-0.1, -0.05) is 6.07 Å². The Balaban J connectivity index is 2.88. The van der Waals surface area contributed by atoms with Gasteiger partial charge in [-0.2, -0.15) is 0 Å². The average Bonchev–Trinajstić information content (AvgIpc) is 2.55. The Kier molecular flexibility index (Phi) is 2.19. The van der Waals surface area contributed by atoms with Crippen molar-refractivity contribution >= 4 is 16.7 Å². The van der Waals surface area contributed by atoms with E-state index in [2.05, 4.69) is 5.10 Å². The van der Waals surface area contributed by atoms with Crippen LogP contribution >= 0.6 is 0 Å². The number of ketones is 1. The van der Waals surface area contributed by atoms with Gasteiger partial charge in [-0.3, -0.25) is 19.4 Å². The van der Waals surface area contributed by atoms with Crippen molar-refractivity contribution in [2.45, 2.75) is 20.4 Å². The first-order chi connectivity index (χ1) is 7.15. The quantitative estimate of drug-likeness (QED) is 0.754. The molecule has 0 saturated carbocycles. The number of hydrogen-bond donors (Lipinski definition) is 1. The van der Waals surface area contributed by atoms with Crippen LogP contribution in [0, 0.1) is 0 Å². The van der Waals surface area contributed by atoms with E-state index in [9.17, 15) is 9.59 Å². The SMILES string of the molecule is CCn1[nH]c2c(C(C)=O)cccc2c1=O. The van der Waals surface area contributed by atoms with Crippen LogP contribution in [0.2, 0.25) is 0 Å². The fourth-order valence-corrected chi connectivity index (χ4v) is 1.70. The molecule has 1 aromatic carbocycles. The molecule has 78 valence electrons. The Hall–Kier alpha value is -1.84. The maximum Gasteiger partial charge on any atom is 0.274 e. The number of carbonyl (C=O) groups excluding carboxylic acids is 1. The minimum absolute atomic E-state index is 0.0369. The van der Waals surface area contributed by atoms with Gasteiger partial charge in [-0.05, 0) is 26.0 Å². The van der Waals surface area contributed by atoms with Crippen LogP contribution in [0.5, 0.6) is 0 Å². The van der Waals surface area contributed by atoms with E-state index in [4.69, 9.17) is 0 Å². The molecule has 4 heteroatoms. The molecule has 0 spiro atoms. The van der Waals surface area contributed by atoms with E-state index < -0.39 is 0 Å². The van der Waals surface area contributed by atoms with Gasteiger partial charge in [0.15, 0.2) is 5.78 Å². The van der Waals surface area contributed by atoms with Crippen molar-refractivity contribution in [3.63, 3.8) is 0 Å². The predicted molar refractivity (Wildman–Crippen MR) is 58.2 cm³/mol. The monoisotopic (exact) mass is 204 g/mol. The van der Waals surface area contributed by atoms with E-state index in [1.54, 1.807) is 18.2 Å². The third-order valence-corrected chi connectivity index (χ3v) is 2.48. The molecule has 0 radical (unpaired) electrons. The number of para-hydroxylation sites is 1. The number of rotatable bonds is 2. The number of aryl methyl sites for hydroxylation is 1. The molecule has 0 unspecified atom stereocenters. The molecule has 0 aliphatic heterocycles. The lowest BCUT2D eigenvalue weighted by Gasteiger charge is -1.96. The summed E-state index contributed by atoms with van der Waals surface area (Å²) in [5, 5.41) is 3.52. The minimum Gasteiger partial charge on any atom is -0.294 e. The van der Waals surface area contributed by atoms with Crippen LogP contribution in [0.15, 0.2) is 23.0 Å². The summed E-state index contributed by atoms with van der Waals surface area (Å²) in [6.07, 6.45) is 0. The number of nitrogens with zero attached hydrogens (tertiary/aromatic N) is 1. The summed E-state index contributed by atoms with van der Waals surface area (Å²) in [5.41, 5.74) is 1.13. The summed E-state index contributed by atoms with van der Waals surface area (Å²) in [4.78, 5) is 23.1. The summed E-state index contributed by atoms with van der Waals surface area (Å²) >= 11 is 0. The second kappa shape index (κ2) is 3.38. The molecule has 4 nitrogen and oxygen atoms in total. The summed E-state index contributed by atoms with van der Waals surface area (Å²) in [7, 11) is 0. The molecular weight excluding hydrogens is 192 g/mol. The number of Topliss-reactive ketones (excluding diaryl/α,β-unsaturated/α-hetero) is 1. The van der Waals surface area contributed by atoms with Crippen molar-refractivity contribution in [2.75, 3.05) is 0 Å². The fourth-order valence-electron chi connectivity index (χ4n) is 1.70. The van der Waals surface area contributed by atoms with Gasteiger partial charge < -0.3 is 0 Å². The van der Waals surface area contributed by atoms with Gasteiger partial charge in [0, 0.05) is 12.1 Å². The number of aromatic amines is 1. The van der Waals surface area contributed by atoms with Crippen LogP contribution in [-0.2, 0) is 6.54 Å². The molecule has 2 aromatic rings. The van der Waals surface area contributed by atoms with Gasteiger partial charge >= 0.3 is 0 Å². The molecule has 15 heavy (non-hydrogen) atoms. The van der Waals surface area contributed by atoms with E-state index >= 15 is 0 Å². The Morgan fingerprint density at radius 2 is 2.20 bits per heavy atom. The molecule has 1 heterocycles. The van der Waals surface area contributed by atoms with Gasteiger partial charge in [-0.25, -0.2) is 0 Å². The molecule has 0 fully saturated rings. The fraction of sp³-hybridized carbons (Fsp3) is 0.273. The summed E-state index contributed by atoms with van der Waals surface area (Å²) in [5.74, 6) is -0.0369. The Morgan fingerprint density at radius 1 is 1.47 bits per heavy atom. The van der Waals surface area contributed by atoms with Gasteiger partial charge in [0.1, 0.15) is 0 Å². The largest absolute Gasteiger partial charge is 0.294 e. The zero-order valence-electron chi connectivity index (χ0n) is 8.70. The topological polar surface area (TPSA) is 54.9 Å². The van der Waals surface area contributed by atoms with Crippen LogP contribution in [0.3, 0.4) is 0 Å². The predicted octanol–water partition coefficient (Wildman–Crippen LogP) is 1.55. The molecule has 2 rings (SSSR count). The maximum atomic E-state index is 11.8. The summed E-state index contributed by atoms with van der Waals surface area (Å²) in [6.45, 7) is 3.95. The molecule has 0 atom stereocenters. The highest BCUT2D eigenvalue weighted by Crippen LogP contribution is 2.13. The number of nitrogens with one attached hydrogen (secondary N) is 1. The summed E-state index contributed by atoms with van der Waals surface area (Å²) < 4.78 is 1.50. The van der Waals surface area contributed by atoms with E-state index in [1.807, 2.05) is 6.92 Å².